The van der Waals surface area contributed by atoms with E-state index in [9.17, 15) is 14.4 Å². The van der Waals surface area contributed by atoms with Gasteiger partial charge < -0.3 is 16.0 Å². The molecule has 2 atom stereocenters. The largest absolute Gasteiger partial charge is 0.351 e. The van der Waals surface area contributed by atoms with Gasteiger partial charge in [0.1, 0.15) is 21.4 Å². The summed E-state index contributed by atoms with van der Waals surface area (Å²) in [6.07, 6.45) is 3.33. The standard InChI is InChI=1S/C30H38N6O3S2/c1-19(2)11-14-36-13-8-12-31-27(38)23-17-41-30(34-23)26(20(3)4)35-28(39)24-18-40-29(33-24)22(32-25(37)16-36)15-21-9-6-5-7-10-21/h5-7,9-11,17-18,20,22,26H,8,12-16H2,1-4H3,(H,31,38)(H,32,37)(H,35,39)/t22-,26-/m0/s1. The SMILES string of the molecule is CC(C)=CCN1CCCNC(=O)c2csc(n2)[C@H](C(C)C)NC(=O)c2csc(n2)[C@H](Cc2ccccc2)NC(=O)C1. The molecule has 3 heterocycles. The molecule has 4 bridgehead atoms. The highest BCUT2D eigenvalue weighted by atomic mass is 32.1. The summed E-state index contributed by atoms with van der Waals surface area (Å²) in [6.45, 7) is 9.99. The quantitative estimate of drug-likeness (QED) is 0.374. The zero-order valence-corrected chi connectivity index (χ0v) is 25.6. The first-order chi connectivity index (χ1) is 19.7. The van der Waals surface area contributed by atoms with Gasteiger partial charge in [-0.15, -0.1) is 22.7 Å². The van der Waals surface area contributed by atoms with Crippen LogP contribution in [0.1, 0.15) is 82.8 Å². The lowest BCUT2D eigenvalue weighted by molar-refractivity contribution is -0.122. The lowest BCUT2D eigenvalue weighted by Crippen LogP contribution is -2.40. The highest BCUT2D eigenvalue weighted by Crippen LogP contribution is 2.27. The van der Waals surface area contributed by atoms with E-state index in [2.05, 4.69) is 36.9 Å². The number of amides is 3. The van der Waals surface area contributed by atoms with E-state index in [1.807, 2.05) is 58.0 Å². The van der Waals surface area contributed by atoms with Crippen LogP contribution in [-0.4, -0.2) is 58.8 Å². The monoisotopic (exact) mass is 594 g/mol. The van der Waals surface area contributed by atoms with Crippen LogP contribution in [0.3, 0.4) is 0 Å². The number of rotatable bonds is 5. The molecule has 218 valence electrons. The van der Waals surface area contributed by atoms with E-state index >= 15 is 0 Å². The van der Waals surface area contributed by atoms with Gasteiger partial charge in [-0.3, -0.25) is 19.3 Å². The number of nitrogens with one attached hydrogen (secondary N) is 3. The van der Waals surface area contributed by atoms with Gasteiger partial charge in [-0.2, -0.15) is 0 Å². The lowest BCUT2D eigenvalue weighted by atomic mass is 10.0. The summed E-state index contributed by atoms with van der Waals surface area (Å²) in [5.74, 6) is -0.639. The molecule has 9 nitrogen and oxygen atoms in total. The van der Waals surface area contributed by atoms with Crippen LogP contribution in [-0.2, 0) is 11.2 Å². The van der Waals surface area contributed by atoms with Crippen LogP contribution in [0.15, 0.2) is 52.7 Å². The Kier molecular flexibility index (Phi) is 10.8. The number of hydrogen-bond donors (Lipinski definition) is 3. The molecule has 0 aliphatic carbocycles. The average molecular weight is 595 g/mol. The topological polar surface area (TPSA) is 116 Å². The van der Waals surface area contributed by atoms with Gasteiger partial charge in [0.2, 0.25) is 5.91 Å². The average Bonchev–Trinajstić information content (AvgIpc) is 3.63. The van der Waals surface area contributed by atoms with Gasteiger partial charge in [0, 0.05) is 30.4 Å². The van der Waals surface area contributed by atoms with Gasteiger partial charge in [0.05, 0.1) is 18.6 Å². The molecule has 1 aliphatic rings. The van der Waals surface area contributed by atoms with E-state index in [-0.39, 0.29) is 42.3 Å². The number of allylic oxidation sites excluding steroid dienone is 1. The molecule has 1 aromatic carbocycles. The van der Waals surface area contributed by atoms with Gasteiger partial charge in [0.25, 0.3) is 11.8 Å². The Bertz CT molecular complexity index is 1360. The van der Waals surface area contributed by atoms with Crippen molar-refractivity contribution in [1.82, 2.24) is 30.8 Å². The van der Waals surface area contributed by atoms with Gasteiger partial charge >= 0.3 is 0 Å². The van der Waals surface area contributed by atoms with Crippen LogP contribution >= 0.6 is 22.7 Å². The van der Waals surface area contributed by atoms with E-state index in [0.717, 1.165) is 5.56 Å². The third-order valence-electron chi connectivity index (χ3n) is 6.71. The maximum absolute atomic E-state index is 13.3. The molecule has 2 aromatic heterocycles. The van der Waals surface area contributed by atoms with Crippen molar-refractivity contribution in [2.75, 3.05) is 26.2 Å². The van der Waals surface area contributed by atoms with Crippen LogP contribution < -0.4 is 16.0 Å². The summed E-state index contributed by atoms with van der Waals surface area (Å²) >= 11 is 2.73. The molecular formula is C30H38N6O3S2. The fraction of sp³-hybridized carbons (Fsp3) is 0.433. The summed E-state index contributed by atoms with van der Waals surface area (Å²) in [4.78, 5) is 50.7. The molecule has 0 spiro atoms. The summed E-state index contributed by atoms with van der Waals surface area (Å²) in [5.41, 5.74) is 2.86. The molecule has 1 aliphatic heterocycles. The molecular weight excluding hydrogens is 557 g/mol. The highest BCUT2D eigenvalue weighted by Gasteiger charge is 2.26. The van der Waals surface area contributed by atoms with Gasteiger partial charge in [-0.25, -0.2) is 9.97 Å². The minimum atomic E-state index is -0.384. The number of thiazole rings is 2. The first-order valence-corrected chi connectivity index (χ1v) is 15.6. The van der Waals surface area contributed by atoms with E-state index in [0.29, 0.717) is 53.9 Å². The number of hydrogen-bond acceptors (Lipinski definition) is 8. The number of benzene rings is 1. The Labute approximate surface area is 249 Å². The zero-order valence-electron chi connectivity index (χ0n) is 24.0. The van der Waals surface area contributed by atoms with Gasteiger partial charge in [0.15, 0.2) is 0 Å². The van der Waals surface area contributed by atoms with Crippen LogP contribution in [0.2, 0.25) is 0 Å². The van der Waals surface area contributed by atoms with Gasteiger partial charge in [-0.05, 0) is 38.2 Å². The summed E-state index contributed by atoms with van der Waals surface area (Å²) in [6, 6.07) is 9.18. The van der Waals surface area contributed by atoms with Crippen molar-refractivity contribution in [1.29, 1.82) is 0 Å². The predicted octanol–water partition coefficient (Wildman–Crippen LogP) is 4.53. The fourth-order valence-corrected chi connectivity index (χ4v) is 6.32. The third kappa shape index (κ3) is 8.79. The Morgan fingerprint density at radius 2 is 1.68 bits per heavy atom. The van der Waals surface area contributed by atoms with Crippen LogP contribution in [0.5, 0.6) is 0 Å². The van der Waals surface area contributed by atoms with E-state index in [4.69, 9.17) is 0 Å². The number of carbonyl (C=O) groups is 3. The molecule has 0 saturated carbocycles. The van der Waals surface area contributed by atoms with Crippen molar-refractivity contribution in [3.63, 3.8) is 0 Å². The smallest absolute Gasteiger partial charge is 0.271 e. The molecule has 3 amide bonds. The number of aromatic nitrogens is 2. The Hall–Kier alpha value is -3.41. The summed E-state index contributed by atoms with van der Waals surface area (Å²) in [7, 11) is 0. The maximum atomic E-state index is 13.3. The molecule has 0 fully saturated rings. The minimum Gasteiger partial charge on any atom is -0.351 e. The number of nitrogens with zero attached hydrogens (tertiary/aromatic N) is 3. The fourth-order valence-electron chi connectivity index (χ4n) is 4.45. The van der Waals surface area contributed by atoms with Crippen molar-refractivity contribution in [3.05, 3.63) is 79.7 Å². The van der Waals surface area contributed by atoms with Gasteiger partial charge in [-0.1, -0.05) is 55.8 Å². The molecule has 0 unspecified atom stereocenters. The molecule has 3 N–H and O–H groups in total. The zero-order chi connectivity index (χ0) is 29.4. The molecule has 4 rings (SSSR count). The molecule has 41 heavy (non-hydrogen) atoms. The number of fused-ring (bicyclic) bond motifs is 4. The normalized spacial score (nSPS) is 19.4. The predicted molar refractivity (Wildman–Crippen MR) is 163 cm³/mol. The van der Waals surface area contributed by atoms with E-state index in [1.165, 1.54) is 28.2 Å². The van der Waals surface area contributed by atoms with Crippen molar-refractivity contribution in [3.8, 4) is 0 Å². The maximum Gasteiger partial charge on any atom is 0.271 e. The first kappa shape index (κ1) is 30.5. The Morgan fingerprint density at radius 1 is 1.00 bits per heavy atom. The minimum absolute atomic E-state index is 0.0464. The Morgan fingerprint density at radius 3 is 2.39 bits per heavy atom. The molecule has 3 aromatic rings. The van der Waals surface area contributed by atoms with Crippen LogP contribution in [0.4, 0.5) is 0 Å². The van der Waals surface area contributed by atoms with Crippen molar-refractivity contribution in [2.24, 2.45) is 5.92 Å². The van der Waals surface area contributed by atoms with E-state index < -0.39 is 0 Å². The van der Waals surface area contributed by atoms with Crippen molar-refractivity contribution in [2.45, 2.75) is 52.6 Å². The number of carbonyl (C=O) groups excluding carboxylic acids is 3. The molecule has 0 saturated heterocycles. The molecule has 0 radical (unpaired) electrons. The second kappa shape index (κ2) is 14.5. The van der Waals surface area contributed by atoms with Crippen molar-refractivity contribution >= 4 is 40.4 Å². The van der Waals surface area contributed by atoms with Crippen LogP contribution in [0, 0.1) is 5.92 Å². The van der Waals surface area contributed by atoms with Crippen molar-refractivity contribution < 1.29 is 14.4 Å². The summed E-state index contributed by atoms with van der Waals surface area (Å²) in [5, 5.41) is 14.0. The van der Waals surface area contributed by atoms with Crippen LogP contribution in [0.25, 0.3) is 0 Å². The second-order valence-corrected chi connectivity index (χ2v) is 12.6. The van der Waals surface area contributed by atoms with E-state index in [1.54, 1.807) is 10.8 Å². The lowest BCUT2D eigenvalue weighted by Gasteiger charge is -2.23. The highest BCUT2D eigenvalue weighted by molar-refractivity contribution is 7.10. The second-order valence-electron chi connectivity index (χ2n) is 10.8. The molecule has 11 heteroatoms. The third-order valence-corrected chi connectivity index (χ3v) is 8.59. The first-order valence-electron chi connectivity index (χ1n) is 13.9. The summed E-state index contributed by atoms with van der Waals surface area (Å²) < 4.78 is 0. The Balaban J connectivity index is 1.65.